The highest BCUT2D eigenvalue weighted by Crippen LogP contribution is 2.26. The van der Waals surface area contributed by atoms with Crippen LogP contribution >= 0.6 is 30.6 Å². The van der Waals surface area contributed by atoms with Gasteiger partial charge < -0.3 is 0 Å². The summed E-state index contributed by atoms with van der Waals surface area (Å²) in [6.07, 6.45) is 8.55. The van der Waals surface area contributed by atoms with Crippen molar-refractivity contribution in [2.75, 3.05) is 0 Å². The van der Waals surface area contributed by atoms with Gasteiger partial charge in [-0.2, -0.15) is 0 Å². The third kappa shape index (κ3) is 1.57. The minimum atomic E-state index is -0.461. The molecule has 0 aromatic carbocycles. The molecule has 8 heavy (non-hydrogen) atoms. The van der Waals surface area contributed by atoms with Crippen molar-refractivity contribution >= 4 is 36.6 Å². The van der Waals surface area contributed by atoms with Crippen molar-refractivity contribution in [3.63, 3.8) is 0 Å². The van der Waals surface area contributed by atoms with Crippen LogP contribution in [-0.2, 0) is 0 Å². The predicted octanol–water partition coefficient (Wildman–Crippen LogP) is 2.76. The molecule has 1 rings (SSSR count). The molecule has 0 nitrogen and oxygen atoms in total. The molecule has 0 aromatic heterocycles. The lowest BCUT2D eigenvalue weighted by molar-refractivity contribution is 1.42. The molecule has 0 saturated heterocycles. The summed E-state index contributed by atoms with van der Waals surface area (Å²) < 4.78 is 0. The number of allylic oxidation sites excluding steroid dienone is 4. The Kier molecular flexibility index (Phi) is 2.53. The second-order valence-electron chi connectivity index (χ2n) is 1.59. The quantitative estimate of drug-likeness (QED) is 0.498. The second kappa shape index (κ2) is 2.99. The van der Waals surface area contributed by atoms with Crippen LogP contribution in [0, 0.1) is 0 Å². The largest absolute Gasteiger partial charge is 0.226 e. The van der Waals surface area contributed by atoms with E-state index in [0.29, 0.717) is 5.54 Å². The molecular formula is C5H5Br2Si. The molecule has 0 aliphatic heterocycles. The van der Waals surface area contributed by atoms with Crippen LogP contribution in [0.2, 0.25) is 5.54 Å². The molecule has 0 bridgehead atoms. The first kappa shape index (κ1) is 6.77. The Balaban J connectivity index is 2.49. The van der Waals surface area contributed by atoms with E-state index in [1.165, 1.54) is 0 Å². The van der Waals surface area contributed by atoms with Crippen molar-refractivity contribution in [3.05, 3.63) is 24.3 Å². The molecule has 0 amide bonds. The van der Waals surface area contributed by atoms with Gasteiger partial charge in [0.15, 0.2) is 0 Å². The molecule has 0 unspecified atom stereocenters. The summed E-state index contributed by atoms with van der Waals surface area (Å²) in [6.45, 7) is 0. The molecule has 3 heteroatoms. The van der Waals surface area contributed by atoms with E-state index in [9.17, 15) is 0 Å². The minimum absolute atomic E-state index is 0.461. The van der Waals surface area contributed by atoms with Crippen LogP contribution in [0.1, 0.15) is 0 Å². The molecule has 0 spiro atoms. The van der Waals surface area contributed by atoms with Crippen LogP contribution in [0.15, 0.2) is 24.3 Å². The van der Waals surface area contributed by atoms with E-state index in [0.717, 1.165) is 0 Å². The predicted molar refractivity (Wildman–Crippen MR) is 45.6 cm³/mol. The van der Waals surface area contributed by atoms with Crippen molar-refractivity contribution in [1.29, 1.82) is 0 Å². The van der Waals surface area contributed by atoms with E-state index in [1.807, 2.05) is 0 Å². The van der Waals surface area contributed by atoms with Gasteiger partial charge in [-0.05, 0) is 0 Å². The maximum atomic E-state index is 3.52. The molecule has 1 aliphatic rings. The lowest BCUT2D eigenvalue weighted by Crippen LogP contribution is -1.96. The topological polar surface area (TPSA) is 0 Å². The van der Waals surface area contributed by atoms with Crippen molar-refractivity contribution in [2.24, 2.45) is 0 Å². The monoisotopic (exact) mass is 251 g/mol. The lowest BCUT2D eigenvalue weighted by Gasteiger charge is -2.00. The maximum Gasteiger partial charge on any atom is 0.226 e. The van der Waals surface area contributed by atoms with Gasteiger partial charge in [-0.25, -0.2) is 0 Å². The molecule has 1 aliphatic carbocycles. The Morgan fingerprint density at radius 1 is 1.12 bits per heavy atom. The Morgan fingerprint density at radius 2 is 1.62 bits per heavy atom. The van der Waals surface area contributed by atoms with Crippen LogP contribution in [0.4, 0.5) is 0 Å². The molecule has 0 fully saturated rings. The van der Waals surface area contributed by atoms with Crippen LogP contribution in [0.3, 0.4) is 0 Å². The van der Waals surface area contributed by atoms with Crippen LogP contribution in [0.25, 0.3) is 0 Å². The highest BCUT2D eigenvalue weighted by molar-refractivity contribution is 9.49. The molecule has 0 aromatic rings. The zero-order valence-corrected chi connectivity index (χ0v) is 8.31. The van der Waals surface area contributed by atoms with Gasteiger partial charge in [0.1, 0.15) is 0 Å². The molecule has 0 heterocycles. The number of halogens is 2. The smallest absolute Gasteiger partial charge is 0.111 e. The van der Waals surface area contributed by atoms with Gasteiger partial charge >= 0.3 is 0 Å². The third-order valence-electron chi connectivity index (χ3n) is 1.000. The number of hydrogen-bond acceptors (Lipinski definition) is 0. The van der Waals surface area contributed by atoms with Gasteiger partial charge in [-0.3, -0.25) is 0 Å². The molecular weight excluding hydrogens is 248 g/mol. The van der Waals surface area contributed by atoms with Crippen LogP contribution in [-0.4, -0.2) is 6.04 Å². The SMILES string of the molecule is Br[Si](Br)C1C=CC=C1. The van der Waals surface area contributed by atoms with Crippen molar-refractivity contribution in [3.8, 4) is 0 Å². The van der Waals surface area contributed by atoms with E-state index >= 15 is 0 Å². The summed E-state index contributed by atoms with van der Waals surface area (Å²) >= 11 is 7.03. The highest BCUT2D eigenvalue weighted by atomic mass is 79.9. The zero-order chi connectivity index (χ0) is 5.98. The average molecular weight is 253 g/mol. The summed E-state index contributed by atoms with van der Waals surface area (Å²) in [5.41, 5.74) is 0.639. The Labute approximate surface area is 66.4 Å². The summed E-state index contributed by atoms with van der Waals surface area (Å²) in [5.74, 6) is 0. The van der Waals surface area contributed by atoms with E-state index in [2.05, 4.69) is 54.9 Å². The van der Waals surface area contributed by atoms with Gasteiger partial charge in [0.25, 0.3) is 0 Å². The first-order valence-corrected chi connectivity index (χ1v) is 8.42. The van der Waals surface area contributed by atoms with Gasteiger partial charge in [0, 0.05) is 5.54 Å². The minimum Gasteiger partial charge on any atom is -0.111 e. The van der Waals surface area contributed by atoms with Crippen molar-refractivity contribution in [2.45, 2.75) is 5.54 Å². The number of hydrogen-bond donors (Lipinski definition) is 0. The molecule has 0 N–H and O–H groups in total. The summed E-state index contributed by atoms with van der Waals surface area (Å²) in [5, 5.41) is 0. The van der Waals surface area contributed by atoms with Gasteiger partial charge in [0.2, 0.25) is 6.04 Å². The maximum absolute atomic E-state index is 3.52. The lowest BCUT2D eigenvalue weighted by atomic mass is 10.5. The zero-order valence-electron chi connectivity index (χ0n) is 4.14. The first-order chi connectivity index (χ1) is 3.80. The fourth-order valence-corrected chi connectivity index (χ4v) is 2.92. The summed E-state index contributed by atoms with van der Waals surface area (Å²) in [6, 6.07) is -0.461. The Morgan fingerprint density at radius 3 is 1.88 bits per heavy atom. The van der Waals surface area contributed by atoms with Crippen molar-refractivity contribution < 1.29 is 0 Å². The Hall–Kier alpha value is 0.657. The second-order valence-corrected chi connectivity index (χ2v) is 11.1. The Bertz CT molecular complexity index is 116. The van der Waals surface area contributed by atoms with Crippen LogP contribution < -0.4 is 0 Å². The normalized spacial score (nSPS) is 18.9. The van der Waals surface area contributed by atoms with E-state index in [1.54, 1.807) is 0 Å². The van der Waals surface area contributed by atoms with E-state index in [4.69, 9.17) is 0 Å². The van der Waals surface area contributed by atoms with Crippen LogP contribution in [0.5, 0.6) is 0 Å². The van der Waals surface area contributed by atoms with E-state index in [-0.39, 0.29) is 0 Å². The third-order valence-corrected chi connectivity index (χ3v) is 5.06. The highest BCUT2D eigenvalue weighted by Gasteiger charge is 2.13. The van der Waals surface area contributed by atoms with Crippen molar-refractivity contribution in [1.82, 2.24) is 0 Å². The molecule has 0 atom stereocenters. The summed E-state index contributed by atoms with van der Waals surface area (Å²) in [4.78, 5) is 0. The van der Waals surface area contributed by atoms with Gasteiger partial charge in [0.05, 0.1) is 0 Å². The average Bonchev–Trinajstić information content (AvgIpc) is 2.12. The molecule has 0 saturated carbocycles. The van der Waals surface area contributed by atoms with Gasteiger partial charge in [-0.15, -0.1) is 30.6 Å². The van der Waals surface area contributed by atoms with E-state index < -0.39 is 6.04 Å². The van der Waals surface area contributed by atoms with Gasteiger partial charge in [-0.1, -0.05) is 24.3 Å². The fraction of sp³-hybridized carbons (Fsp3) is 0.200. The molecule has 1 radical (unpaired) electrons. The number of rotatable bonds is 1. The summed E-state index contributed by atoms with van der Waals surface area (Å²) in [7, 11) is 0. The molecule has 43 valence electrons. The fourth-order valence-electron chi connectivity index (χ4n) is 0.577. The first-order valence-electron chi connectivity index (χ1n) is 2.33. The standard InChI is InChI=1S/C5H5Br2Si/c6-8(7)5-3-1-2-4-5/h1-5H.